The Morgan fingerprint density at radius 2 is 2.00 bits per heavy atom. The lowest BCUT2D eigenvalue weighted by atomic mass is 10.2. The Bertz CT molecular complexity index is 667. The van der Waals surface area contributed by atoms with Crippen LogP contribution in [0.5, 0.6) is 0 Å². The molecule has 112 valence electrons. The molecule has 0 bridgehead atoms. The summed E-state index contributed by atoms with van der Waals surface area (Å²) in [5.41, 5.74) is -0.716. The van der Waals surface area contributed by atoms with Crippen molar-refractivity contribution in [2.45, 2.75) is 12.7 Å². The number of aromatic carboxylic acids is 1. The summed E-state index contributed by atoms with van der Waals surface area (Å²) in [5, 5.41) is 11.3. The van der Waals surface area contributed by atoms with Crippen LogP contribution < -0.4 is 5.32 Å². The van der Waals surface area contributed by atoms with Gasteiger partial charge < -0.3 is 14.8 Å². The quantitative estimate of drug-likeness (QED) is 0.883. The molecular formula is C13H9ClF3NO3. The van der Waals surface area contributed by atoms with E-state index in [1.807, 2.05) is 0 Å². The number of rotatable bonds is 4. The molecule has 4 nitrogen and oxygen atoms in total. The molecule has 8 heteroatoms. The van der Waals surface area contributed by atoms with Crippen LogP contribution >= 0.6 is 11.6 Å². The highest BCUT2D eigenvalue weighted by molar-refractivity contribution is 6.30. The number of carbonyl (C=O) groups is 1. The summed E-state index contributed by atoms with van der Waals surface area (Å²) in [6, 6.07) is 5.75. The highest BCUT2D eigenvalue weighted by Gasteiger charge is 2.31. The SMILES string of the molecule is O=C(O)c1ccc(CNc2cc(Cl)cc(C(F)(F)F)c2)o1. The summed E-state index contributed by atoms with van der Waals surface area (Å²) < 4.78 is 42.9. The van der Waals surface area contributed by atoms with E-state index >= 15 is 0 Å². The van der Waals surface area contributed by atoms with Crippen LogP contribution in [-0.4, -0.2) is 11.1 Å². The predicted molar refractivity (Wildman–Crippen MR) is 69.4 cm³/mol. The lowest BCUT2D eigenvalue weighted by Gasteiger charge is -2.11. The maximum absolute atomic E-state index is 12.6. The second-order valence-electron chi connectivity index (χ2n) is 4.15. The van der Waals surface area contributed by atoms with Crippen molar-refractivity contribution in [2.75, 3.05) is 5.32 Å². The molecule has 2 aromatic rings. The maximum Gasteiger partial charge on any atom is 0.416 e. The summed E-state index contributed by atoms with van der Waals surface area (Å²) in [6.45, 7) is 0.0327. The fourth-order valence-electron chi connectivity index (χ4n) is 1.63. The fraction of sp³-hybridized carbons (Fsp3) is 0.154. The summed E-state index contributed by atoms with van der Waals surface area (Å²) in [4.78, 5) is 10.6. The lowest BCUT2D eigenvalue weighted by molar-refractivity contribution is -0.137. The monoisotopic (exact) mass is 319 g/mol. The average molecular weight is 320 g/mol. The third-order valence-corrected chi connectivity index (χ3v) is 2.78. The summed E-state index contributed by atoms with van der Waals surface area (Å²) in [7, 11) is 0. The first kappa shape index (κ1) is 15.2. The zero-order chi connectivity index (χ0) is 15.6. The zero-order valence-electron chi connectivity index (χ0n) is 10.4. The van der Waals surface area contributed by atoms with Gasteiger partial charge in [0, 0.05) is 10.7 Å². The van der Waals surface area contributed by atoms with E-state index in [4.69, 9.17) is 21.1 Å². The van der Waals surface area contributed by atoms with E-state index in [-0.39, 0.29) is 28.8 Å². The number of furan rings is 1. The molecule has 0 aliphatic heterocycles. The van der Waals surface area contributed by atoms with Gasteiger partial charge in [-0.15, -0.1) is 0 Å². The van der Waals surface area contributed by atoms with Gasteiger partial charge in [-0.25, -0.2) is 4.79 Å². The minimum absolute atomic E-state index is 0.0327. The molecule has 1 aromatic carbocycles. The molecule has 0 aliphatic rings. The van der Waals surface area contributed by atoms with Crippen LogP contribution in [0.3, 0.4) is 0 Å². The first-order valence-corrected chi connectivity index (χ1v) is 6.07. The summed E-state index contributed by atoms with van der Waals surface area (Å²) >= 11 is 5.64. The molecule has 0 saturated heterocycles. The predicted octanol–water partition coefficient (Wildman–Crippen LogP) is 4.26. The van der Waals surface area contributed by atoms with Crippen molar-refractivity contribution in [1.82, 2.24) is 0 Å². The number of benzene rings is 1. The van der Waals surface area contributed by atoms with Crippen molar-refractivity contribution in [3.63, 3.8) is 0 Å². The molecule has 2 N–H and O–H groups in total. The van der Waals surface area contributed by atoms with Crippen LogP contribution in [0.4, 0.5) is 18.9 Å². The van der Waals surface area contributed by atoms with Gasteiger partial charge in [-0.3, -0.25) is 0 Å². The number of hydrogen-bond donors (Lipinski definition) is 2. The van der Waals surface area contributed by atoms with Crippen molar-refractivity contribution in [3.05, 3.63) is 52.4 Å². The van der Waals surface area contributed by atoms with Crippen molar-refractivity contribution >= 4 is 23.3 Å². The molecule has 0 saturated carbocycles. The summed E-state index contributed by atoms with van der Waals surface area (Å²) in [6.07, 6.45) is -4.50. The van der Waals surface area contributed by atoms with Crippen LogP contribution in [0.1, 0.15) is 21.9 Å². The highest BCUT2D eigenvalue weighted by Crippen LogP contribution is 2.33. The molecule has 1 aromatic heterocycles. The van der Waals surface area contributed by atoms with E-state index in [1.54, 1.807) is 0 Å². The van der Waals surface area contributed by atoms with E-state index in [2.05, 4.69) is 5.32 Å². The third kappa shape index (κ3) is 3.91. The Morgan fingerprint density at radius 1 is 1.29 bits per heavy atom. The van der Waals surface area contributed by atoms with Crippen molar-refractivity contribution in [2.24, 2.45) is 0 Å². The van der Waals surface area contributed by atoms with Crippen molar-refractivity contribution in [1.29, 1.82) is 0 Å². The number of halogens is 4. The van der Waals surface area contributed by atoms with Crippen LogP contribution in [0, 0.1) is 0 Å². The van der Waals surface area contributed by atoms with Gasteiger partial charge in [-0.05, 0) is 30.3 Å². The molecule has 0 unspecified atom stereocenters. The van der Waals surface area contributed by atoms with Gasteiger partial charge >= 0.3 is 12.1 Å². The second-order valence-corrected chi connectivity index (χ2v) is 4.59. The lowest BCUT2D eigenvalue weighted by Crippen LogP contribution is -2.06. The molecule has 0 amide bonds. The van der Waals surface area contributed by atoms with Crippen LogP contribution in [0.15, 0.2) is 34.7 Å². The van der Waals surface area contributed by atoms with E-state index in [1.165, 1.54) is 18.2 Å². The maximum atomic E-state index is 12.6. The standard InChI is InChI=1S/C13H9ClF3NO3/c14-8-3-7(13(15,16)17)4-9(5-8)18-6-10-1-2-11(21-10)12(19)20/h1-5,18H,6H2,(H,19,20). The van der Waals surface area contributed by atoms with E-state index in [9.17, 15) is 18.0 Å². The third-order valence-electron chi connectivity index (χ3n) is 2.56. The molecule has 0 aliphatic carbocycles. The van der Waals surface area contributed by atoms with E-state index in [0.29, 0.717) is 0 Å². The first-order chi connectivity index (χ1) is 9.75. The average Bonchev–Trinajstić information content (AvgIpc) is 2.83. The molecule has 0 spiro atoms. The molecular weight excluding hydrogens is 311 g/mol. The highest BCUT2D eigenvalue weighted by atomic mass is 35.5. The largest absolute Gasteiger partial charge is 0.475 e. The van der Waals surface area contributed by atoms with Crippen molar-refractivity contribution < 1.29 is 27.5 Å². The zero-order valence-corrected chi connectivity index (χ0v) is 11.1. The van der Waals surface area contributed by atoms with Crippen molar-refractivity contribution in [3.8, 4) is 0 Å². The fourth-order valence-corrected chi connectivity index (χ4v) is 1.87. The summed E-state index contributed by atoms with van der Waals surface area (Å²) in [5.74, 6) is -1.18. The minimum atomic E-state index is -4.50. The Balaban J connectivity index is 2.12. The number of alkyl halides is 3. The number of carboxylic acid groups (broad SMARTS) is 1. The minimum Gasteiger partial charge on any atom is -0.475 e. The van der Waals surface area contributed by atoms with Gasteiger partial charge in [0.2, 0.25) is 5.76 Å². The van der Waals surface area contributed by atoms with Crippen LogP contribution in [-0.2, 0) is 12.7 Å². The molecule has 2 rings (SSSR count). The topological polar surface area (TPSA) is 62.5 Å². The number of nitrogens with one attached hydrogen (secondary N) is 1. The molecule has 0 atom stereocenters. The van der Waals surface area contributed by atoms with E-state index in [0.717, 1.165) is 12.1 Å². The molecule has 0 radical (unpaired) electrons. The van der Waals surface area contributed by atoms with E-state index < -0.39 is 17.7 Å². The van der Waals surface area contributed by atoms with Gasteiger partial charge in [-0.1, -0.05) is 11.6 Å². The van der Waals surface area contributed by atoms with Crippen LogP contribution in [0.2, 0.25) is 5.02 Å². The van der Waals surface area contributed by atoms with Gasteiger partial charge in [0.15, 0.2) is 0 Å². The molecule has 21 heavy (non-hydrogen) atoms. The number of carboxylic acids is 1. The molecule has 0 fully saturated rings. The second kappa shape index (κ2) is 5.69. The number of anilines is 1. The van der Waals surface area contributed by atoms with Gasteiger partial charge in [-0.2, -0.15) is 13.2 Å². The normalized spacial score (nSPS) is 11.4. The van der Waals surface area contributed by atoms with Crippen LogP contribution in [0.25, 0.3) is 0 Å². The Hall–Kier alpha value is -2.15. The van der Waals surface area contributed by atoms with Gasteiger partial charge in [0.25, 0.3) is 0 Å². The smallest absolute Gasteiger partial charge is 0.416 e. The van der Waals surface area contributed by atoms with Gasteiger partial charge in [0.05, 0.1) is 12.1 Å². The Kier molecular flexibility index (Phi) is 4.13. The Labute approximate surface area is 122 Å². The molecule has 1 heterocycles. The number of hydrogen-bond acceptors (Lipinski definition) is 3. The Morgan fingerprint density at radius 3 is 2.57 bits per heavy atom. The van der Waals surface area contributed by atoms with Gasteiger partial charge in [0.1, 0.15) is 5.76 Å². The first-order valence-electron chi connectivity index (χ1n) is 5.69.